The zero-order valence-corrected chi connectivity index (χ0v) is 31.9. The van der Waals surface area contributed by atoms with E-state index in [0.717, 1.165) is 34.7 Å². The molecule has 0 unspecified atom stereocenters. The third kappa shape index (κ3) is 8.69. The predicted octanol–water partition coefficient (Wildman–Crippen LogP) is 6.12. The summed E-state index contributed by atoms with van der Waals surface area (Å²) < 4.78 is 54.9. The van der Waals surface area contributed by atoms with Crippen LogP contribution in [0.5, 0.6) is 11.8 Å². The molecule has 2 saturated heterocycles. The van der Waals surface area contributed by atoms with E-state index >= 15 is 0 Å². The van der Waals surface area contributed by atoms with Gasteiger partial charge in [0.2, 0.25) is 23.6 Å². The normalized spacial score (nSPS) is 19.4. The number of ether oxygens (including phenoxy) is 2. The van der Waals surface area contributed by atoms with Gasteiger partial charge in [-0.3, -0.25) is 14.6 Å². The van der Waals surface area contributed by atoms with Gasteiger partial charge < -0.3 is 36.1 Å². The smallest absolute Gasteiger partial charge is 0.419 e. The summed E-state index contributed by atoms with van der Waals surface area (Å²) in [5.41, 5.74) is 4.57. The van der Waals surface area contributed by atoms with E-state index in [1.54, 1.807) is 19.4 Å². The van der Waals surface area contributed by atoms with Gasteiger partial charge in [0.05, 0.1) is 42.2 Å². The predicted molar refractivity (Wildman–Crippen MR) is 205 cm³/mol. The Kier molecular flexibility index (Phi) is 11.9. The molecule has 2 fully saturated rings. The molecule has 1 aliphatic carbocycles. The molecule has 0 bridgehead atoms. The van der Waals surface area contributed by atoms with E-state index in [1.165, 1.54) is 7.11 Å². The van der Waals surface area contributed by atoms with Crippen molar-refractivity contribution in [2.45, 2.75) is 82.3 Å². The molecule has 56 heavy (non-hydrogen) atoms. The molecule has 5 N–H and O–H groups in total. The Hall–Kier alpha value is -4.99. The van der Waals surface area contributed by atoms with Gasteiger partial charge in [-0.05, 0) is 61.4 Å². The Balaban J connectivity index is 1.12. The van der Waals surface area contributed by atoms with E-state index in [-0.39, 0.29) is 47.7 Å². The third-order valence-electron chi connectivity index (χ3n) is 10.5. The van der Waals surface area contributed by atoms with Crippen molar-refractivity contribution in [2.75, 3.05) is 32.6 Å². The fourth-order valence-corrected chi connectivity index (χ4v) is 8.05. The second-order valence-corrected chi connectivity index (χ2v) is 14.6. The first-order valence-electron chi connectivity index (χ1n) is 18.7. The maximum atomic E-state index is 14.6. The third-order valence-corrected chi connectivity index (χ3v) is 10.9. The average Bonchev–Trinajstić information content (AvgIpc) is 3.81. The molecule has 2 amide bonds. The molecule has 3 atom stereocenters. The average molecular weight is 793 g/mol. The highest BCUT2D eigenvalue weighted by molar-refractivity contribution is 6.35. The molecule has 16 heteroatoms. The van der Waals surface area contributed by atoms with Gasteiger partial charge in [0.25, 0.3) is 0 Å². The molecule has 0 radical (unpaired) electrons. The van der Waals surface area contributed by atoms with Crippen LogP contribution < -0.4 is 36.1 Å². The topological polar surface area (TPSA) is 151 Å². The maximum Gasteiger partial charge on any atom is 0.419 e. The largest absolute Gasteiger partial charge is 0.481 e. The highest BCUT2D eigenvalue weighted by atomic mass is 35.5. The van der Waals surface area contributed by atoms with Crippen molar-refractivity contribution >= 4 is 29.2 Å². The highest BCUT2D eigenvalue weighted by Crippen LogP contribution is 2.43. The Morgan fingerprint density at radius 3 is 2.16 bits per heavy atom. The van der Waals surface area contributed by atoms with Gasteiger partial charge in [-0.2, -0.15) is 18.2 Å². The quantitative estimate of drug-likeness (QED) is 0.101. The number of hydrogen-bond donors (Lipinski definition) is 5. The number of carbonyl (C=O) groups excluding carboxylic acids is 2. The van der Waals surface area contributed by atoms with Crippen molar-refractivity contribution in [1.82, 2.24) is 36.2 Å². The van der Waals surface area contributed by atoms with Gasteiger partial charge in [0, 0.05) is 79.6 Å². The van der Waals surface area contributed by atoms with Crippen LogP contribution >= 0.6 is 11.6 Å². The van der Waals surface area contributed by atoms with Crippen molar-refractivity contribution in [2.24, 2.45) is 0 Å². The number of amides is 2. The number of methoxy groups -OCH3 is 2. The van der Waals surface area contributed by atoms with E-state index in [0.29, 0.717) is 86.0 Å². The number of nitrogens with zero attached hydrogens (tertiary/aromatic N) is 3. The fraction of sp³-hybridized carbons (Fsp3) is 0.425. The van der Waals surface area contributed by atoms with Crippen LogP contribution in [0.2, 0.25) is 5.02 Å². The zero-order valence-electron chi connectivity index (χ0n) is 31.1. The SMILES string of the molecule is COc1nc(-c2ccnc(-c3cccc4c3CCC[C@H]4Nc3nc(OC)c(CNC[C@@H]4CCC(=O)N4)cc3C(F)(F)F)c2Cl)ccc1CNC[C@H]1CCC(=O)N1. The molecule has 296 valence electrons. The molecule has 5 heterocycles. The maximum absolute atomic E-state index is 14.6. The zero-order chi connectivity index (χ0) is 39.4. The highest BCUT2D eigenvalue weighted by Gasteiger charge is 2.37. The Morgan fingerprint density at radius 2 is 1.52 bits per heavy atom. The summed E-state index contributed by atoms with van der Waals surface area (Å²) in [6.45, 7) is 1.63. The first-order valence-corrected chi connectivity index (χ1v) is 19.1. The summed E-state index contributed by atoms with van der Waals surface area (Å²) in [5, 5.41) is 15.8. The minimum atomic E-state index is -4.69. The number of anilines is 1. The molecule has 2 aliphatic heterocycles. The lowest BCUT2D eigenvalue weighted by Gasteiger charge is -2.30. The Labute approximate surface area is 327 Å². The molecule has 0 saturated carbocycles. The van der Waals surface area contributed by atoms with Crippen LogP contribution in [0.1, 0.15) is 72.4 Å². The number of rotatable bonds is 14. The number of nitrogens with one attached hydrogen (secondary N) is 5. The first-order chi connectivity index (χ1) is 27.0. The summed E-state index contributed by atoms with van der Waals surface area (Å²) in [5.74, 6) is 0.242. The number of aromatic nitrogens is 3. The van der Waals surface area contributed by atoms with Crippen LogP contribution in [0.25, 0.3) is 22.5 Å². The first kappa shape index (κ1) is 39.3. The lowest BCUT2D eigenvalue weighted by atomic mass is 9.83. The number of benzene rings is 1. The molecule has 3 aliphatic rings. The van der Waals surface area contributed by atoms with Gasteiger partial charge in [0.1, 0.15) is 5.82 Å². The van der Waals surface area contributed by atoms with E-state index in [1.807, 2.05) is 30.3 Å². The minimum Gasteiger partial charge on any atom is -0.481 e. The molecule has 0 spiro atoms. The van der Waals surface area contributed by atoms with Crippen LogP contribution in [-0.4, -0.2) is 66.2 Å². The second kappa shape index (κ2) is 17.0. The van der Waals surface area contributed by atoms with Gasteiger partial charge >= 0.3 is 6.18 Å². The van der Waals surface area contributed by atoms with Crippen LogP contribution in [-0.2, 0) is 35.3 Å². The Bertz CT molecular complexity index is 2100. The summed E-state index contributed by atoms with van der Waals surface area (Å²) in [7, 11) is 2.94. The summed E-state index contributed by atoms with van der Waals surface area (Å²) in [4.78, 5) is 36.9. The lowest BCUT2D eigenvalue weighted by Crippen LogP contribution is -2.35. The Morgan fingerprint density at radius 1 is 0.839 bits per heavy atom. The van der Waals surface area contributed by atoms with E-state index in [4.69, 9.17) is 26.1 Å². The summed E-state index contributed by atoms with van der Waals surface area (Å²) in [6, 6.07) is 11.9. The number of alkyl halides is 3. The van der Waals surface area contributed by atoms with Crippen molar-refractivity contribution < 1.29 is 32.2 Å². The van der Waals surface area contributed by atoms with E-state index in [9.17, 15) is 22.8 Å². The number of pyridine rings is 3. The molecule has 1 aromatic carbocycles. The van der Waals surface area contributed by atoms with Crippen LogP contribution in [0.15, 0.2) is 48.7 Å². The molecule has 12 nitrogen and oxygen atoms in total. The van der Waals surface area contributed by atoms with Gasteiger partial charge in [-0.1, -0.05) is 35.9 Å². The number of hydrogen-bond acceptors (Lipinski definition) is 10. The number of halogens is 4. The van der Waals surface area contributed by atoms with E-state index < -0.39 is 17.8 Å². The molecule has 7 rings (SSSR count). The van der Waals surface area contributed by atoms with Crippen LogP contribution in [0.3, 0.4) is 0 Å². The second-order valence-electron chi connectivity index (χ2n) is 14.3. The summed E-state index contributed by atoms with van der Waals surface area (Å²) in [6.07, 6.45) is 1.38. The van der Waals surface area contributed by atoms with Crippen LogP contribution in [0.4, 0.5) is 19.0 Å². The van der Waals surface area contributed by atoms with Crippen molar-refractivity contribution in [3.05, 3.63) is 81.5 Å². The monoisotopic (exact) mass is 792 g/mol. The van der Waals surface area contributed by atoms with Crippen LogP contribution in [0, 0.1) is 0 Å². The molecule has 3 aromatic heterocycles. The van der Waals surface area contributed by atoms with Crippen molar-refractivity contribution in [3.63, 3.8) is 0 Å². The lowest BCUT2D eigenvalue weighted by molar-refractivity contribution is -0.137. The van der Waals surface area contributed by atoms with E-state index in [2.05, 4.69) is 36.6 Å². The van der Waals surface area contributed by atoms with Gasteiger partial charge in [-0.25, -0.2) is 4.98 Å². The molecular formula is C40H44ClF3N8O4. The minimum absolute atomic E-state index is 0.0339. The van der Waals surface area contributed by atoms with Crippen molar-refractivity contribution in [1.29, 1.82) is 0 Å². The van der Waals surface area contributed by atoms with Gasteiger partial charge in [0.15, 0.2) is 0 Å². The standard InChI is InChI=1S/C40H44ClF3N8O4/c1-55-38-22(18-45-20-24-10-13-33(53)48-24)9-12-32(51-38)29-15-16-47-36(35(29)41)28-7-3-6-27-26(28)5-4-8-31(27)50-37-30(40(42,43)44)17-23(39(52-37)56-2)19-46-21-25-11-14-34(54)49-25/h3,6-7,9,12,15-17,24-25,31,45-46H,4-5,8,10-11,13-14,18-21H2,1-2H3,(H,48,53)(H,49,54)(H,50,52)/t24-,25+,31-/m1/s1. The van der Waals surface area contributed by atoms with Gasteiger partial charge in [-0.15, -0.1) is 0 Å². The molecular weight excluding hydrogens is 749 g/mol. The fourth-order valence-electron chi connectivity index (χ4n) is 7.74. The number of fused-ring (bicyclic) bond motifs is 1. The van der Waals surface area contributed by atoms with Crippen molar-refractivity contribution in [3.8, 4) is 34.3 Å². The number of carbonyl (C=O) groups is 2. The molecule has 4 aromatic rings. The summed E-state index contributed by atoms with van der Waals surface area (Å²) >= 11 is 7.11.